The first-order valence-corrected chi connectivity index (χ1v) is 11.7. The molecule has 1 heterocycles. The van der Waals surface area contributed by atoms with E-state index in [1.807, 2.05) is 54.0 Å². The molecule has 0 unspecified atom stereocenters. The van der Waals surface area contributed by atoms with Gasteiger partial charge in [0, 0.05) is 6.54 Å². The van der Waals surface area contributed by atoms with Gasteiger partial charge in [0.1, 0.15) is 17.6 Å². The number of aryl methyl sites for hydroxylation is 1. The number of esters is 1. The summed E-state index contributed by atoms with van der Waals surface area (Å²) in [6.45, 7) is 9.85. The Morgan fingerprint density at radius 3 is 2.41 bits per heavy atom. The third-order valence-electron chi connectivity index (χ3n) is 5.57. The first-order valence-electron chi connectivity index (χ1n) is 11.7. The zero-order chi connectivity index (χ0) is 23.3. The van der Waals surface area contributed by atoms with Crippen LogP contribution in [0, 0.1) is 6.92 Å². The van der Waals surface area contributed by atoms with Gasteiger partial charge in [0.25, 0.3) is 0 Å². The van der Waals surface area contributed by atoms with Crippen molar-refractivity contribution < 1.29 is 18.7 Å². The average Bonchev–Trinajstić information content (AvgIpc) is 3.20. The van der Waals surface area contributed by atoms with Gasteiger partial charge in [-0.2, -0.15) is 0 Å². The highest BCUT2D eigenvalue weighted by atomic mass is 16.5. The van der Waals surface area contributed by atoms with Crippen LogP contribution in [0.4, 0.5) is 0 Å². The Bertz CT molecular complexity index is 818. The minimum absolute atomic E-state index is 0.0115. The van der Waals surface area contributed by atoms with Crippen molar-refractivity contribution in [3.63, 3.8) is 0 Å². The third kappa shape index (κ3) is 8.50. The van der Waals surface area contributed by atoms with Gasteiger partial charge in [0.2, 0.25) is 5.91 Å². The molecule has 0 bridgehead atoms. The third-order valence-corrected chi connectivity index (χ3v) is 5.57. The van der Waals surface area contributed by atoms with Gasteiger partial charge in [-0.3, -0.25) is 14.5 Å². The summed E-state index contributed by atoms with van der Waals surface area (Å²) in [5.41, 5.74) is 1.18. The van der Waals surface area contributed by atoms with Gasteiger partial charge in [-0.15, -0.1) is 0 Å². The number of hydrogen-bond donors (Lipinski definition) is 0. The molecular weight excluding hydrogens is 404 g/mol. The lowest BCUT2D eigenvalue weighted by Gasteiger charge is -2.30. The van der Waals surface area contributed by atoms with Crippen LogP contribution in [0.1, 0.15) is 57.1 Å². The van der Waals surface area contributed by atoms with Crippen molar-refractivity contribution in [2.45, 2.75) is 66.0 Å². The van der Waals surface area contributed by atoms with Crippen LogP contribution in [0.5, 0.6) is 0 Å². The Morgan fingerprint density at radius 1 is 1.03 bits per heavy atom. The van der Waals surface area contributed by atoms with Gasteiger partial charge in [0.05, 0.1) is 19.7 Å². The van der Waals surface area contributed by atoms with Gasteiger partial charge in [0.15, 0.2) is 0 Å². The SMILES string of the molecule is CCCCCN(CC(=O)N(CCc1ccccc1)Cc1ccc(C)o1)[C@H](C)C(=O)OCC. The number of benzene rings is 1. The van der Waals surface area contributed by atoms with Crippen molar-refractivity contribution in [1.29, 1.82) is 0 Å². The Hall–Kier alpha value is -2.60. The van der Waals surface area contributed by atoms with E-state index in [0.717, 1.165) is 37.2 Å². The first kappa shape index (κ1) is 25.7. The van der Waals surface area contributed by atoms with Gasteiger partial charge in [-0.1, -0.05) is 50.1 Å². The summed E-state index contributed by atoms with van der Waals surface area (Å²) in [7, 11) is 0. The van der Waals surface area contributed by atoms with E-state index in [9.17, 15) is 9.59 Å². The zero-order valence-corrected chi connectivity index (χ0v) is 20.0. The molecule has 1 aromatic carbocycles. The Labute approximate surface area is 192 Å². The van der Waals surface area contributed by atoms with E-state index >= 15 is 0 Å². The molecule has 2 aromatic rings. The molecule has 0 N–H and O–H groups in total. The number of carbonyl (C=O) groups is 2. The standard InChI is InChI=1S/C26H38N2O4/c1-5-7-11-17-27(22(4)26(30)31-6-2)20-25(29)28(19-24-15-14-21(3)32-24)18-16-23-12-9-8-10-13-23/h8-10,12-15,22H,5-7,11,16-20H2,1-4H3/t22-/m1/s1. The maximum absolute atomic E-state index is 13.4. The van der Waals surface area contributed by atoms with Gasteiger partial charge >= 0.3 is 5.97 Å². The fourth-order valence-electron chi connectivity index (χ4n) is 3.62. The molecule has 0 saturated heterocycles. The first-order chi connectivity index (χ1) is 15.4. The van der Waals surface area contributed by atoms with E-state index in [-0.39, 0.29) is 18.4 Å². The van der Waals surface area contributed by atoms with E-state index in [2.05, 4.69) is 19.1 Å². The van der Waals surface area contributed by atoms with Crippen LogP contribution in [0.15, 0.2) is 46.9 Å². The maximum Gasteiger partial charge on any atom is 0.323 e. The van der Waals surface area contributed by atoms with E-state index in [0.29, 0.717) is 26.2 Å². The molecule has 1 amide bonds. The van der Waals surface area contributed by atoms with Crippen molar-refractivity contribution in [2.24, 2.45) is 0 Å². The summed E-state index contributed by atoms with van der Waals surface area (Å²) in [6.07, 6.45) is 3.84. The number of rotatable bonds is 14. The summed E-state index contributed by atoms with van der Waals surface area (Å²) in [4.78, 5) is 29.5. The highest BCUT2D eigenvalue weighted by Gasteiger charge is 2.26. The normalized spacial score (nSPS) is 12.0. The second kappa shape index (κ2) is 13.7. The largest absolute Gasteiger partial charge is 0.465 e. The van der Waals surface area contributed by atoms with Crippen LogP contribution in [-0.2, 0) is 27.3 Å². The lowest BCUT2D eigenvalue weighted by molar-refractivity contribution is -0.150. The molecule has 1 atom stereocenters. The lowest BCUT2D eigenvalue weighted by atomic mass is 10.1. The molecule has 0 saturated carbocycles. The summed E-state index contributed by atoms with van der Waals surface area (Å²) >= 11 is 0. The van der Waals surface area contributed by atoms with Crippen LogP contribution in [0.2, 0.25) is 0 Å². The molecule has 0 spiro atoms. The summed E-state index contributed by atoms with van der Waals surface area (Å²) in [5, 5.41) is 0. The smallest absolute Gasteiger partial charge is 0.323 e. The van der Waals surface area contributed by atoms with Gasteiger partial charge in [-0.05, 0) is 57.9 Å². The highest BCUT2D eigenvalue weighted by Crippen LogP contribution is 2.13. The summed E-state index contributed by atoms with van der Waals surface area (Å²) < 4.78 is 11.0. The van der Waals surface area contributed by atoms with Crippen molar-refractivity contribution in [3.8, 4) is 0 Å². The monoisotopic (exact) mass is 442 g/mol. The van der Waals surface area contributed by atoms with Crippen molar-refractivity contribution in [2.75, 3.05) is 26.2 Å². The van der Waals surface area contributed by atoms with Crippen LogP contribution in [0.3, 0.4) is 0 Å². The number of carbonyl (C=O) groups excluding carboxylic acids is 2. The molecule has 1 aromatic heterocycles. The van der Waals surface area contributed by atoms with E-state index < -0.39 is 6.04 Å². The predicted molar refractivity (Wildman–Crippen MR) is 126 cm³/mol. The van der Waals surface area contributed by atoms with Crippen LogP contribution < -0.4 is 0 Å². The molecule has 0 aliphatic carbocycles. The number of hydrogen-bond acceptors (Lipinski definition) is 5. The van der Waals surface area contributed by atoms with Gasteiger partial charge < -0.3 is 14.1 Å². The second-order valence-corrected chi connectivity index (χ2v) is 8.17. The van der Waals surface area contributed by atoms with Gasteiger partial charge in [-0.25, -0.2) is 0 Å². The van der Waals surface area contributed by atoms with Crippen LogP contribution in [-0.4, -0.2) is 54.0 Å². The minimum atomic E-state index is -0.461. The van der Waals surface area contributed by atoms with E-state index in [4.69, 9.17) is 9.15 Å². The molecule has 0 aliphatic heterocycles. The van der Waals surface area contributed by atoms with E-state index in [1.165, 1.54) is 5.56 Å². The predicted octanol–water partition coefficient (Wildman–Crippen LogP) is 4.60. The Morgan fingerprint density at radius 2 is 1.78 bits per heavy atom. The minimum Gasteiger partial charge on any atom is -0.465 e. The summed E-state index contributed by atoms with van der Waals surface area (Å²) in [5.74, 6) is 1.30. The highest BCUT2D eigenvalue weighted by molar-refractivity contribution is 5.80. The topological polar surface area (TPSA) is 63.0 Å². The van der Waals surface area contributed by atoms with Crippen molar-refractivity contribution >= 4 is 11.9 Å². The molecule has 6 nitrogen and oxygen atoms in total. The number of ether oxygens (including phenoxy) is 1. The fourth-order valence-corrected chi connectivity index (χ4v) is 3.62. The molecule has 176 valence electrons. The molecule has 2 rings (SSSR count). The summed E-state index contributed by atoms with van der Waals surface area (Å²) in [6, 6.07) is 13.5. The van der Waals surface area contributed by atoms with Crippen molar-refractivity contribution in [3.05, 3.63) is 59.5 Å². The quantitative estimate of drug-likeness (QED) is 0.316. The molecule has 0 fully saturated rings. The molecular formula is C26H38N2O4. The number of nitrogens with zero attached hydrogens (tertiary/aromatic N) is 2. The molecule has 0 aliphatic rings. The Balaban J connectivity index is 2.12. The Kier molecular flexibility index (Phi) is 11.0. The molecule has 32 heavy (non-hydrogen) atoms. The second-order valence-electron chi connectivity index (χ2n) is 8.17. The van der Waals surface area contributed by atoms with E-state index in [1.54, 1.807) is 6.92 Å². The zero-order valence-electron chi connectivity index (χ0n) is 20.0. The van der Waals surface area contributed by atoms with Crippen molar-refractivity contribution in [1.82, 2.24) is 9.80 Å². The van der Waals surface area contributed by atoms with Crippen LogP contribution >= 0.6 is 0 Å². The number of amides is 1. The van der Waals surface area contributed by atoms with Crippen LogP contribution in [0.25, 0.3) is 0 Å². The number of unbranched alkanes of at least 4 members (excludes halogenated alkanes) is 2. The molecule has 6 heteroatoms. The average molecular weight is 443 g/mol. The molecule has 0 radical (unpaired) electrons. The lowest BCUT2D eigenvalue weighted by Crippen LogP contribution is -2.47. The fraction of sp³-hybridized carbons (Fsp3) is 0.538. The maximum atomic E-state index is 13.4. The number of furan rings is 1.